The molecule has 2 aromatic rings. The first-order valence-electron chi connectivity index (χ1n) is 12.0. The normalized spacial score (nSPS) is 22.1. The SMILES string of the molecule is Cc1cc(C)cc(NC(=O)N2CCN(C(=O)c3ccc(F)cc3)C2C(=O)NC2CCC(N)CC2)c1. The summed E-state index contributed by atoms with van der Waals surface area (Å²) in [6, 6.07) is 10.5. The van der Waals surface area contributed by atoms with Crippen LogP contribution in [-0.4, -0.2) is 59.0 Å². The Balaban J connectivity index is 1.56. The van der Waals surface area contributed by atoms with E-state index in [4.69, 9.17) is 5.73 Å². The molecule has 4 amide bonds. The fraction of sp³-hybridized carbons (Fsp3) is 0.423. The van der Waals surface area contributed by atoms with Crippen LogP contribution in [0.5, 0.6) is 0 Å². The number of aryl methyl sites for hydroxylation is 2. The van der Waals surface area contributed by atoms with E-state index in [1.165, 1.54) is 34.1 Å². The number of nitrogens with one attached hydrogen (secondary N) is 2. The molecule has 1 saturated heterocycles. The summed E-state index contributed by atoms with van der Waals surface area (Å²) in [7, 11) is 0. The van der Waals surface area contributed by atoms with Crippen LogP contribution in [0.2, 0.25) is 0 Å². The highest BCUT2D eigenvalue weighted by Gasteiger charge is 2.43. The van der Waals surface area contributed by atoms with Crippen LogP contribution < -0.4 is 16.4 Å². The van der Waals surface area contributed by atoms with Crippen molar-refractivity contribution in [2.75, 3.05) is 18.4 Å². The van der Waals surface area contributed by atoms with E-state index in [0.717, 1.165) is 36.8 Å². The summed E-state index contributed by atoms with van der Waals surface area (Å²) in [5.74, 6) is -1.30. The summed E-state index contributed by atoms with van der Waals surface area (Å²) in [6.07, 6.45) is 2.00. The molecular weight excluding hydrogens is 449 g/mol. The lowest BCUT2D eigenvalue weighted by molar-refractivity contribution is -0.128. The standard InChI is InChI=1S/C26H32FN5O3/c1-16-13-17(2)15-22(14-16)30-26(35)32-12-11-31(25(34)18-3-5-19(27)6-4-18)24(32)23(33)29-21-9-7-20(28)8-10-21/h3-6,13-15,20-21,24H,7-12,28H2,1-2H3,(H,29,33)(H,30,35). The van der Waals surface area contributed by atoms with E-state index in [9.17, 15) is 18.8 Å². The van der Waals surface area contributed by atoms with Crippen molar-refractivity contribution in [3.05, 3.63) is 65.0 Å². The van der Waals surface area contributed by atoms with E-state index in [0.29, 0.717) is 5.69 Å². The maximum Gasteiger partial charge on any atom is 0.323 e. The maximum atomic E-state index is 13.5. The number of carbonyl (C=O) groups is 3. The molecule has 0 spiro atoms. The van der Waals surface area contributed by atoms with Crippen LogP contribution in [0.15, 0.2) is 42.5 Å². The van der Waals surface area contributed by atoms with Gasteiger partial charge in [-0.15, -0.1) is 0 Å². The first-order valence-corrected chi connectivity index (χ1v) is 12.0. The van der Waals surface area contributed by atoms with Gasteiger partial charge in [-0.2, -0.15) is 0 Å². The van der Waals surface area contributed by atoms with Crippen LogP contribution >= 0.6 is 0 Å². The molecular formula is C26H32FN5O3. The van der Waals surface area contributed by atoms with Crippen LogP contribution in [0, 0.1) is 19.7 Å². The molecule has 4 N–H and O–H groups in total. The minimum Gasteiger partial charge on any atom is -0.350 e. The Morgan fingerprint density at radius 2 is 1.51 bits per heavy atom. The first-order chi connectivity index (χ1) is 16.7. The van der Waals surface area contributed by atoms with Crippen molar-refractivity contribution in [2.24, 2.45) is 5.73 Å². The van der Waals surface area contributed by atoms with E-state index in [1.807, 2.05) is 32.0 Å². The molecule has 2 aliphatic rings. The van der Waals surface area contributed by atoms with Crippen molar-refractivity contribution < 1.29 is 18.8 Å². The number of benzene rings is 2. The highest BCUT2D eigenvalue weighted by molar-refractivity contribution is 6.00. The van der Waals surface area contributed by atoms with E-state index in [1.54, 1.807) is 0 Å². The molecule has 1 heterocycles. The van der Waals surface area contributed by atoms with Gasteiger partial charge in [-0.3, -0.25) is 14.5 Å². The van der Waals surface area contributed by atoms with Crippen LogP contribution in [0.4, 0.5) is 14.9 Å². The number of carbonyl (C=O) groups excluding carboxylic acids is 3. The summed E-state index contributed by atoms with van der Waals surface area (Å²) in [6.45, 7) is 4.25. The molecule has 1 saturated carbocycles. The Morgan fingerprint density at radius 1 is 0.914 bits per heavy atom. The van der Waals surface area contributed by atoms with Crippen LogP contribution in [0.25, 0.3) is 0 Å². The zero-order valence-corrected chi connectivity index (χ0v) is 20.1. The van der Waals surface area contributed by atoms with Gasteiger partial charge in [-0.1, -0.05) is 6.07 Å². The van der Waals surface area contributed by atoms with Crippen molar-refractivity contribution in [3.8, 4) is 0 Å². The van der Waals surface area contributed by atoms with Crippen molar-refractivity contribution in [2.45, 2.75) is 57.8 Å². The largest absolute Gasteiger partial charge is 0.350 e. The summed E-state index contributed by atoms with van der Waals surface area (Å²) in [5, 5.41) is 5.89. The van der Waals surface area contributed by atoms with Crippen molar-refractivity contribution in [3.63, 3.8) is 0 Å². The molecule has 2 fully saturated rings. The Morgan fingerprint density at radius 3 is 2.14 bits per heavy atom. The third kappa shape index (κ3) is 5.79. The van der Waals surface area contributed by atoms with E-state index >= 15 is 0 Å². The maximum absolute atomic E-state index is 13.5. The van der Waals surface area contributed by atoms with Crippen LogP contribution in [0.1, 0.15) is 47.2 Å². The van der Waals surface area contributed by atoms with Gasteiger partial charge in [-0.25, -0.2) is 9.18 Å². The molecule has 35 heavy (non-hydrogen) atoms. The van der Waals surface area contributed by atoms with Gasteiger partial charge in [-0.05, 0) is 87.1 Å². The summed E-state index contributed by atoms with van der Waals surface area (Å²) in [4.78, 5) is 42.7. The number of nitrogens with two attached hydrogens (primary N) is 1. The average molecular weight is 482 g/mol. The van der Waals surface area contributed by atoms with Gasteiger partial charge in [0.05, 0.1) is 0 Å². The number of anilines is 1. The summed E-state index contributed by atoms with van der Waals surface area (Å²) >= 11 is 0. The van der Waals surface area contributed by atoms with E-state index in [-0.39, 0.29) is 30.7 Å². The molecule has 9 heteroatoms. The number of hydrogen-bond acceptors (Lipinski definition) is 4. The Hall–Kier alpha value is -3.46. The minimum absolute atomic E-state index is 0.0602. The molecule has 0 aromatic heterocycles. The molecule has 8 nitrogen and oxygen atoms in total. The Labute approximate surface area is 204 Å². The Kier molecular flexibility index (Phi) is 7.35. The molecule has 0 bridgehead atoms. The quantitative estimate of drug-likeness (QED) is 0.624. The second-order valence-electron chi connectivity index (χ2n) is 9.50. The van der Waals surface area contributed by atoms with Gasteiger partial charge in [0, 0.05) is 36.4 Å². The topological polar surface area (TPSA) is 108 Å². The Bertz CT molecular complexity index is 1080. The number of amides is 4. The highest BCUT2D eigenvalue weighted by Crippen LogP contribution is 2.23. The molecule has 2 aromatic carbocycles. The lowest BCUT2D eigenvalue weighted by Crippen LogP contribution is -2.56. The molecule has 1 atom stereocenters. The molecule has 1 unspecified atom stereocenters. The van der Waals surface area contributed by atoms with Crippen molar-refractivity contribution in [1.82, 2.24) is 15.1 Å². The van der Waals surface area contributed by atoms with Gasteiger partial charge >= 0.3 is 6.03 Å². The second-order valence-corrected chi connectivity index (χ2v) is 9.50. The predicted octanol–water partition coefficient (Wildman–Crippen LogP) is 3.14. The number of urea groups is 1. The minimum atomic E-state index is -1.12. The zero-order valence-electron chi connectivity index (χ0n) is 20.1. The van der Waals surface area contributed by atoms with Gasteiger partial charge in [0.2, 0.25) is 0 Å². The molecule has 1 aliphatic carbocycles. The summed E-state index contributed by atoms with van der Waals surface area (Å²) < 4.78 is 13.4. The monoisotopic (exact) mass is 481 g/mol. The molecule has 0 radical (unpaired) electrons. The third-order valence-corrected chi connectivity index (χ3v) is 6.61. The number of halogens is 1. The number of nitrogens with zero attached hydrogens (tertiary/aromatic N) is 2. The van der Waals surface area contributed by atoms with Gasteiger partial charge in [0.25, 0.3) is 11.8 Å². The summed E-state index contributed by atoms with van der Waals surface area (Å²) in [5.41, 5.74) is 8.86. The van der Waals surface area contributed by atoms with Gasteiger partial charge in [0.15, 0.2) is 6.17 Å². The highest BCUT2D eigenvalue weighted by atomic mass is 19.1. The van der Waals surface area contributed by atoms with Crippen LogP contribution in [-0.2, 0) is 4.79 Å². The molecule has 1 aliphatic heterocycles. The first kappa shape index (κ1) is 24.7. The van der Waals surface area contributed by atoms with E-state index in [2.05, 4.69) is 10.6 Å². The van der Waals surface area contributed by atoms with Crippen molar-refractivity contribution >= 4 is 23.5 Å². The molecule has 186 valence electrons. The van der Waals surface area contributed by atoms with Gasteiger partial charge < -0.3 is 21.3 Å². The predicted molar refractivity (Wildman–Crippen MR) is 131 cm³/mol. The fourth-order valence-corrected chi connectivity index (χ4v) is 4.88. The molecule has 4 rings (SSSR count). The lowest BCUT2D eigenvalue weighted by atomic mass is 9.92. The van der Waals surface area contributed by atoms with Crippen LogP contribution in [0.3, 0.4) is 0 Å². The number of rotatable bonds is 4. The van der Waals surface area contributed by atoms with Gasteiger partial charge in [0.1, 0.15) is 5.82 Å². The van der Waals surface area contributed by atoms with E-state index < -0.39 is 29.8 Å². The second kappa shape index (κ2) is 10.4. The zero-order chi connectivity index (χ0) is 25.1. The third-order valence-electron chi connectivity index (χ3n) is 6.61. The van der Waals surface area contributed by atoms with Crippen molar-refractivity contribution in [1.29, 1.82) is 0 Å². The lowest BCUT2D eigenvalue weighted by Gasteiger charge is -2.32. The average Bonchev–Trinajstić information content (AvgIpc) is 3.25. The number of hydrogen-bond donors (Lipinski definition) is 3. The smallest absolute Gasteiger partial charge is 0.323 e. The fourth-order valence-electron chi connectivity index (χ4n) is 4.88.